The van der Waals surface area contributed by atoms with Crippen LogP contribution in [0.1, 0.15) is 86.0 Å². The van der Waals surface area contributed by atoms with Crippen LogP contribution in [0.5, 0.6) is 0 Å². The lowest BCUT2D eigenvalue weighted by Crippen LogP contribution is -2.26. The molecule has 3 unspecified atom stereocenters. The van der Waals surface area contributed by atoms with Gasteiger partial charge in [-0.05, 0) is 75.1 Å². The lowest BCUT2D eigenvalue weighted by atomic mass is 10.1. The van der Waals surface area contributed by atoms with Gasteiger partial charge in [-0.2, -0.15) is 0 Å². The van der Waals surface area contributed by atoms with Crippen LogP contribution >= 0.6 is 0 Å². The molecule has 3 heterocycles. The number of fused-ring (bicyclic) bond motifs is 2. The summed E-state index contributed by atoms with van der Waals surface area (Å²) in [6.07, 6.45) is 8.55. The van der Waals surface area contributed by atoms with Crippen molar-refractivity contribution in [1.29, 1.82) is 0 Å². The van der Waals surface area contributed by atoms with Crippen LogP contribution in [-0.2, 0) is 14.1 Å². The van der Waals surface area contributed by atoms with E-state index in [9.17, 15) is 0 Å². The molecule has 0 spiro atoms. The molecule has 36 heavy (non-hydrogen) atoms. The molecule has 0 saturated heterocycles. The number of aromatic nitrogens is 2. The van der Waals surface area contributed by atoms with Gasteiger partial charge in [-0.25, -0.2) is 0 Å². The van der Waals surface area contributed by atoms with Crippen LogP contribution in [0.4, 0.5) is 0 Å². The minimum atomic E-state index is 0.838. The number of hydrogen-bond acceptors (Lipinski definition) is 1. The molecule has 1 aromatic carbocycles. The molecule has 3 aromatic rings. The number of rotatable bonds is 0. The molecule has 0 amide bonds. The van der Waals surface area contributed by atoms with E-state index in [1.54, 1.807) is 0 Å². The summed E-state index contributed by atoms with van der Waals surface area (Å²) in [5, 5.41) is 1.33. The SMILES string of the molecule is CC.CC.CC1=CC2CC(C)CC2N1C.CCC.Cc1cc2ccccc2n1C.Cc1cccn1C. The summed E-state index contributed by atoms with van der Waals surface area (Å²) in [7, 11) is 6.36. The maximum atomic E-state index is 2.45. The molecule has 5 rings (SSSR count). The standard InChI is InChI=1S/C10H17N.C10H11N.C6H9N.C3H8.2C2H6/c1-7-4-9-6-8(2)11(3)10(9)5-7;1-8-7-9-5-3-4-6-10(9)11(8)2;1-6-4-3-5-7(6)2;1-3-2;2*1-2/h6-7,9-10H,4-5H2,1-3H3;3-7H,1-2H3;3-5H,1-2H3;3H2,1-2H3;2*1-2H3. The molecular weight excluding hydrogens is 438 g/mol. The van der Waals surface area contributed by atoms with E-state index in [2.05, 4.69) is 112 Å². The normalized spacial score (nSPS) is 19.0. The number of aryl methyl sites for hydroxylation is 4. The minimum Gasteiger partial charge on any atom is -0.375 e. The molecule has 1 fully saturated rings. The van der Waals surface area contributed by atoms with Gasteiger partial charge in [-0.15, -0.1) is 0 Å². The minimum absolute atomic E-state index is 0.838. The highest BCUT2D eigenvalue weighted by molar-refractivity contribution is 5.80. The Balaban J connectivity index is 0.000000462. The largest absolute Gasteiger partial charge is 0.375 e. The third-order valence-corrected chi connectivity index (χ3v) is 6.72. The Labute approximate surface area is 224 Å². The average molecular weight is 496 g/mol. The van der Waals surface area contributed by atoms with Gasteiger partial charge in [0, 0.05) is 56.0 Å². The lowest BCUT2D eigenvalue weighted by Gasteiger charge is -2.23. The highest BCUT2D eigenvalue weighted by atomic mass is 15.2. The van der Waals surface area contributed by atoms with Crippen LogP contribution in [0.15, 0.2) is 60.4 Å². The second-order valence-electron chi connectivity index (χ2n) is 9.60. The molecule has 0 N–H and O–H groups in total. The predicted molar refractivity (Wildman–Crippen MR) is 164 cm³/mol. The molecule has 3 nitrogen and oxygen atoms in total. The molecule has 2 aromatic heterocycles. The summed E-state index contributed by atoms with van der Waals surface area (Å²) < 4.78 is 4.29. The first-order valence-corrected chi connectivity index (χ1v) is 14.2. The molecule has 3 atom stereocenters. The highest BCUT2D eigenvalue weighted by Crippen LogP contribution is 2.40. The topological polar surface area (TPSA) is 13.1 Å². The smallest absolute Gasteiger partial charge is 0.0479 e. The first kappa shape index (κ1) is 33.6. The zero-order valence-electron chi connectivity index (χ0n) is 25.9. The molecule has 1 saturated carbocycles. The van der Waals surface area contributed by atoms with E-state index in [4.69, 9.17) is 0 Å². The Bertz CT molecular complexity index is 975. The van der Waals surface area contributed by atoms with Crippen LogP contribution in [0.3, 0.4) is 0 Å². The van der Waals surface area contributed by atoms with Gasteiger partial charge in [0.1, 0.15) is 0 Å². The van der Waals surface area contributed by atoms with Crippen molar-refractivity contribution >= 4 is 10.9 Å². The summed E-state index contributed by atoms with van der Waals surface area (Å²) in [5.74, 6) is 1.81. The van der Waals surface area contributed by atoms with E-state index in [0.29, 0.717) is 0 Å². The number of nitrogens with zero attached hydrogens (tertiary/aromatic N) is 3. The second kappa shape index (κ2) is 17.9. The quantitative estimate of drug-likeness (QED) is 0.302. The molecule has 0 bridgehead atoms. The van der Waals surface area contributed by atoms with Crippen LogP contribution in [0, 0.1) is 25.7 Å². The van der Waals surface area contributed by atoms with Gasteiger partial charge in [0.25, 0.3) is 0 Å². The summed E-state index contributed by atoms with van der Waals surface area (Å²) in [6.45, 7) is 21.1. The van der Waals surface area contributed by atoms with Crippen LogP contribution in [-0.4, -0.2) is 27.1 Å². The van der Waals surface area contributed by atoms with Crippen LogP contribution in [0.2, 0.25) is 0 Å². The second-order valence-corrected chi connectivity index (χ2v) is 9.60. The third-order valence-electron chi connectivity index (χ3n) is 6.72. The maximum absolute atomic E-state index is 2.45. The van der Waals surface area contributed by atoms with Gasteiger partial charge in [0.15, 0.2) is 0 Å². The van der Waals surface area contributed by atoms with Crippen molar-refractivity contribution in [3.05, 3.63) is 71.8 Å². The van der Waals surface area contributed by atoms with Gasteiger partial charge in [0.05, 0.1) is 0 Å². The Hall–Kier alpha value is -2.42. The van der Waals surface area contributed by atoms with Gasteiger partial charge >= 0.3 is 0 Å². The highest BCUT2D eigenvalue weighted by Gasteiger charge is 2.37. The summed E-state index contributed by atoms with van der Waals surface area (Å²) in [5.41, 5.74) is 5.41. The monoisotopic (exact) mass is 495 g/mol. The van der Waals surface area contributed by atoms with Crippen molar-refractivity contribution in [1.82, 2.24) is 14.0 Å². The van der Waals surface area contributed by atoms with Crippen molar-refractivity contribution < 1.29 is 0 Å². The van der Waals surface area contributed by atoms with E-state index < -0.39 is 0 Å². The fourth-order valence-electron chi connectivity index (χ4n) is 4.59. The first-order chi connectivity index (χ1) is 17.2. The number of allylic oxidation sites excluding steroid dienone is 1. The summed E-state index contributed by atoms with van der Waals surface area (Å²) in [4.78, 5) is 2.45. The molecule has 0 radical (unpaired) electrons. The van der Waals surface area contributed by atoms with E-state index in [1.165, 1.54) is 47.3 Å². The van der Waals surface area contributed by atoms with E-state index >= 15 is 0 Å². The van der Waals surface area contributed by atoms with Crippen molar-refractivity contribution in [3.63, 3.8) is 0 Å². The summed E-state index contributed by atoms with van der Waals surface area (Å²) in [6, 6.07) is 15.6. The van der Waals surface area contributed by atoms with Crippen LogP contribution in [0.25, 0.3) is 10.9 Å². The molecule has 204 valence electrons. The Morgan fingerprint density at radius 2 is 1.39 bits per heavy atom. The van der Waals surface area contributed by atoms with Gasteiger partial charge < -0.3 is 14.0 Å². The van der Waals surface area contributed by atoms with Gasteiger partial charge in [-0.1, -0.05) is 79.2 Å². The van der Waals surface area contributed by atoms with Crippen molar-refractivity contribution in [2.75, 3.05) is 7.05 Å². The van der Waals surface area contributed by atoms with Crippen molar-refractivity contribution in [2.45, 2.75) is 94.5 Å². The first-order valence-electron chi connectivity index (χ1n) is 14.2. The third kappa shape index (κ3) is 9.91. The number of para-hydroxylation sites is 1. The number of benzene rings is 1. The van der Waals surface area contributed by atoms with Gasteiger partial charge in [-0.3, -0.25) is 0 Å². The zero-order valence-corrected chi connectivity index (χ0v) is 25.9. The van der Waals surface area contributed by atoms with E-state index in [1.807, 2.05) is 47.0 Å². The fraction of sp³-hybridized carbons (Fsp3) is 0.576. The van der Waals surface area contributed by atoms with E-state index in [-0.39, 0.29) is 0 Å². The fourth-order valence-corrected chi connectivity index (χ4v) is 4.59. The zero-order chi connectivity index (χ0) is 27.8. The predicted octanol–water partition coefficient (Wildman–Crippen LogP) is 9.54. The van der Waals surface area contributed by atoms with E-state index in [0.717, 1.165) is 17.9 Å². The summed E-state index contributed by atoms with van der Waals surface area (Å²) >= 11 is 0. The Kier molecular flexibility index (Phi) is 16.7. The van der Waals surface area contributed by atoms with Crippen molar-refractivity contribution in [2.24, 2.45) is 25.9 Å². The molecule has 1 aliphatic heterocycles. The molecule has 1 aliphatic carbocycles. The lowest BCUT2D eigenvalue weighted by molar-refractivity contribution is 0.305. The molecule has 2 aliphatic rings. The Morgan fingerprint density at radius 1 is 0.806 bits per heavy atom. The average Bonchev–Trinajstić information content (AvgIpc) is 3.59. The molecular formula is C33H57N3. The van der Waals surface area contributed by atoms with Gasteiger partial charge in [0.2, 0.25) is 0 Å². The maximum Gasteiger partial charge on any atom is 0.0479 e. The Morgan fingerprint density at radius 3 is 1.83 bits per heavy atom. The number of hydrogen-bond donors (Lipinski definition) is 0. The van der Waals surface area contributed by atoms with Crippen LogP contribution < -0.4 is 0 Å². The molecule has 3 heteroatoms. The van der Waals surface area contributed by atoms with Crippen molar-refractivity contribution in [3.8, 4) is 0 Å².